The Morgan fingerprint density at radius 1 is 1.35 bits per heavy atom. The molecule has 0 aliphatic rings. The van der Waals surface area contributed by atoms with Crippen LogP contribution in [0.2, 0.25) is 0 Å². The fourth-order valence-corrected chi connectivity index (χ4v) is 3.26. The van der Waals surface area contributed by atoms with Crippen molar-refractivity contribution in [1.82, 2.24) is 25.1 Å². The van der Waals surface area contributed by atoms with Gasteiger partial charge in [-0.3, -0.25) is 14.3 Å². The molecule has 7 nitrogen and oxygen atoms in total. The molecule has 0 aliphatic heterocycles. The summed E-state index contributed by atoms with van der Waals surface area (Å²) in [7, 11) is 0. The van der Waals surface area contributed by atoms with E-state index in [1.165, 1.54) is 11.8 Å². The van der Waals surface area contributed by atoms with Crippen LogP contribution in [0.1, 0.15) is 26.0 Å². The number of thioether (sulfide) groups is 1. The molecular formula is C18H21N5O2S. The van der Waals surface area contributed by atoms with E-state index in [1.807, 2.05) is 42.7 Å². The van der Waals surface area contributed by atoms with Gasteiger partial charge in [0.25, 0.3) is 0 Å². The molecule has 1 N–H and O–H groups in total. The van der Waals surface area contributed by atoms with E-state index >= 15 is 0 Å². The third-order valence-electron chi connectivity index (χ3n) is 3.73. The first-order valence-electron chi connectivity index (χ1n) is 8.49. The monoisotopic (exact) mass is 371 g/mol. The number of nitrogens with one attached hydrogen (secondary N) is 1. The predicted octanol–water partition coefficient (Wildman–Crippen LogP) is 2.99. The van der Waals surface area contributed by atoms with E-state index in [1.54, 1.807) is 18.7 Å². The first-order valence-corrected chi connectivity index (χ1v) is 9.37. The van der Waals surface area contributed by atoms with Gasteiger partial charge < -0.3 is 9.73 Å². The summed E-state index contributed by atoms with van der Waals surface area (Å²) < 4.78 is 7.43. The normalized spacial score (nSPS) is 12.1. The first-order chi connectivity index (χ1) is 12.7. The number of hydrogen-bond acceptors (Lipinski definition) is 6. The average molecular weight is 371 g/mol. The smallest absolute Gasteiger partial charge is 0.233 e. The number of carbonyl (C=O) groups is 1. The number of hydrogen-bond donors (Lipinski definition) is 1. The van der Waals surface area contributed by atoms with Crippen LogP contribution in [0.4, 0.5) is 0 Å². The van der Waals surface area contributed by atoms with Gasteiger partial charge in [0.05, 0.1) is 18.1 Å². The Morgan fingerprint density at radius 3 is 2.92 bits per heavy atom. The van der Waals surface area contributed by atoms with Crippen molar-refractivity contribution in [2.75, 3.05) is 6.54 Å². The molecular weight excluding hydrogens is 350 g/mol. The molecule has 3 aromatic heterocycles. The van der Waals surface area contributed by atoms with E-state index in [-0.39, 0.29) is 11.2 Å². The van der Waals surface area contributed by atoms with Gasteiger partial charge in [-0.05, 0) is 37.6 Å². The van der Waals surface area contributed by atoms with E-state index in [2.05, 4.69) is 20.5 Å². The van der Waals surface area contributed by atoms with Crippen molar-refractivity contribution in [2.24, 2.45) is 0 Å². The molecule has 0 aromatic carbocycles. The summed E-state index contributed by atoms with van der Waals surface area (Å²) >= 11 is 1.38. The number of rotatable bonds is 8. The predicted molar refractivity (Wildman–Crippen MR) is 99.7 cm³/mol. The molecule has 1 amide bonds. The molecule has 0 fully saturated rings. The molecule has 3 rings (SSSR count). The van der Waals surface area contributed by atoms with Gasteiger partial charge in [-0.1, -0.05) is 18.7 Å². The van der Waals surface area contributed by atoms with Crippen molar-refractivity contribution < 1.29 is 9.21 Å². The lowest BCUT2D eigenvalue weighted by atomic mass is 10.2. The van der Waals surface area contributed by atoms with Crippen LogP contribution in [0, 0.1) is 0 Å². The minimum Gasteiger partial charge on any atom is -0.467 e. The third kappa shape index (κ3) is 4.32. The molecule has 0 aliphatic carbocycles. The molecule has 0 saturated carbocycles. The number of aromatic nitrogens is 4. The highest BCUT2D eigenvalue weighted by Crippen LogP contribution is 2.27. The van der Waals surface area contributed by atoms with Crippen LogP contribution in [0.3, 0.4) is 0 Å². The summed E-state index contributed by atoms with van der Waals surface area (Å²) in [4.78, 5) is 16.3. The molecule has 0 spiro atoms. The largest absolute Gasteiger partial charge is 0.467 e. The van der Waals surface area contributed by atoms with Crippen LogP contribution in [0.25, 0.3) is 11.4 Å². The average Bonchev–Trinajstić information content (AvgIpc) is 3.31. The molecule has 1 unspecified atom stereocenters. The summed E-state index contributed by atoms with van der Waals surface area (Å²) in [5.74, 6) is 1.48. The minimum atomic E-state index is -0.275. The Bertz CT molecular complexity index is 833. The zero-order valence-electron chi connectivity index (χ0n) is 14.8. The van der Waals surface area contributed by atoms with Crippen molar-refractivity contribution in [3.8, 4) is 11.4 Å². The summed E-state index contributed by atoms with van der Waals surface area (Å²) in [5, 5.41) is 11.9. The molecule has 0 bridgehead atoms. The number of pyridine rings is 1. The second-order valence-corrected chi connectivity index (χ2v) is 7.07. The Hall–Kier alpha value is -2.61. The maximum atomic E-state index is 12.2. The van der Waals surface area contributed by atoms with E-state index < -0.39 is 0 Å². The topological polar surface area (TPSA) is 85.8 Å². The second-order valence-electron chi connectivity index (χ2n) is 5.76. The van der Waals surface area contributed by atoms with Crippen LogP contribution in [-0.2, 0) is 11.3 Å². The van der Waals surface area contributed by atoms with E-state index in [0.29, 0.717) is 24.1 Å². The van der Waals surface area contributed by atoms with Crippen molar-refractivity contribution in [3.63, 3.8) is 0 Å². The molecule has 1 atom stereocenters. The highest BCUT2D eigenvalue weighted by molar-refractivity contribution is 8.00. The van der Waals surface area contributed by atoms with Crippen LogP contribution in [0.15, 0.2) is 52.5 Å². The number of furan rings is 1. The van der Waals surface area contributed by atoms with Crippen molar-refractivity contribution >= 4 is 17.7 Å². The summed E-state index contributed by atoms with van der Waals surface area (Å²) in [6.45, 7) is 5.04. The van der Waals surface area contributed by atoms with Crippen molar-refractivity contribution in [3.05, 3.63) is 48.7 Å². The van der Waals surface area contributed by atoms with E-state index in [4.69, 9.17) is 4.42 Å². The van der Waals surface area contributed by atoms with Gasteiger partial charge in [-0.15, -0.1) is 10.2 Å². The highest BCUT2D eigenvalue weighted by atomic mass is 32.2. The Kier molecular flexibility index (Phi) is 6.06. The van der Waals surface area contributed by atoms with Crippen molar-refractivity contribution in [2.45, 2.75) is 37.2 Å². The lowest BCUT2D eigenvalue weighted by Gasteiger charge is -2.13. The molecule has 3 aromatic rings. The molecule has 3 heterocycles. The van der Waals surface area contributed by atoms with Crippen LogP contribution in [-0.4, -0.2) is 37.5 Å². The summed E-state index contributed by atoms with van der Waals surface area (Å²) in [6, 6.07) is 7.53. The van der Waals surface area contributed by atoms with Gasteiger partial charge in [0.2, 0.25) is 5.91 Å². The molecule has 136 valence electrons. The van der Waals surface area contributed by atoms with Gasteiger partial charge in [0.15, 0.2) is 11.0 Å². The molecule has 0 saturated heterocycles. The van der Waals surface area contributed by atoms with Crippen LogP contribution < -0.4 is 5.32 Å². The first kappa shape index (κ1) is 18.2. The maximum absolute atomic E-state index is 12.2. The SMILES string of the molecule is CCCNC(=O)C(C)Sc1nnc(-c2cccnc2)n1Cc1ccco1. The maximum Gasteiger partial charge on any atom is 0.233 e. The lowest BCUT2D eigenvalue weighted by molar-refractivity contribution is -0.120. The molecule has 26 heavy (non-hydrogen) atoms. The Morgan fingerprint density at radius 2 is 2.23 bits per heavy atom. The number of carbonyl (C=O) groups excluding carboxylic acids is 1. The zero-order valence-corrected chi connectivity index (χ0v) is 15.6. The minimum absolute atomic E-state index is 0.00711. The number of amides is 1. The van der Waals surface area contributed by atoms with E-state index in [9.17, 15) is 4.79 Å². The Labute approximate surface area is 156 Å². The zero-order chi connectivity index (χ0) is 18.4. The van der Waals surface area contributed by atoms with Gasteiger partial charge in [-0.2, -0.15) is 0 Å². The number of nitrogens with zero attached hydrogens (tertiary/aromatic N) is 4. The fourth-order valence-electron chi connectivity index (χ4n) is 2.39. The van der Waals surface area contributed by atoms with Gasteiger partial charge in [-0.25, -0.2) is 0 Å². The Balaban J connectivity index is 1.87. The van der Waals surface area contributed by atoms with Crippen molar-refractivity contribution in [1.29, 1.82) is 0 Å². The van der Waals surface area contributed by atoms with Gasteiger partial charge in [0, 0.05) is 24.5 Å². The quantitative estimate of drug-likeness (QED) is 0.613. The fraction of sp³-hybridized carbons (Fsp3) is 0.333. The highest BCUT2D eigenvalue weighted by Gasteiger charge is 2.21. The lowest BCUT2D eigenvalue weighted by Crippen LogP contribution is -2.31. The van der Waals surface area contributed by atoms with E-state index in [0.717, 1.165) is 17.7 Å². The standard InChI is InChI=1S/C18H21N5O2S/c1-3-8-20-17(24)13(2)26-18-22-21-16(14-6-4-9-19-11-14)23(18)12-15-7-5-10-25-15/h4-7,9-11,13H,3,8,12H2,1-2H3,(H,20,24). The second kappa shape index (κ2) is 8.66. The molecule has 0 radical (unpaired) electrons. The summed E-state index contributed by atoms with van der Waals surface area (Å²) in [5.41, 5.74) is 0.862. The van der Waals surface area contributed by atoms with Crippen LogP contribution in [0.5, 0.6) is 0 Å². The van der Waals surface area contributed by atoms with Gasteiger partial charge >= 0.3 is 0 Å². The summed E-state index contributed by atoms with van der Waals surface area (Å²) in [6.07, 6.45) is 6.00. The third-order valence-corrected chi connectivity index (χ3v) is 4.81. The van der Waals surface area contributed by atoms with Gasteiger partial charge in [0.1, 0.15) is 5.76 Å². The molecule has 8 heteroatoms. The van der Waals surface area contributed by atoms with Crippen LogP contribution >= 0.6 is 11.8 Å².